The number of nitrogens with zero attached hydrogens (tertiary/aromatic N) is 4. The highest BCUT2D eigenvalue weighted by Crippen LogP contribution is 2.40. The Balaban J connectivity index is 1.07. The number of thiophene rings is 1. The molecule has 0 N–H and O–H groups in total. The summed E-state index contributed by atoms with van der Waals surface area (Å²) in [6.45, 7) is 0. The Bertz CT molecular complexity index is 3680. The zero-order valence-corrected chi connectivity index (χ0v) is 36.0. The van der Waals surface area contributed by atoms with Crippen molar-refractivity contribution in [2.45, 2.75) is 0 Å². The molecule has 4 aromatic heterocycles. The number of benzene rings is 9. The molecule has 304 valence electrons. The Hall–Kier alpha value is -8.38. The lowest BCUT2D eigenvalue weighted by molar-refractivity contribution is 1.12. The van der Waals surface area contributed by atoms with Crippen molar-refractivity contribution < 1.29 is 0 Å². The van der Waals surface area contributed by atoms with Crippen molar-refractivity contribution in [3.8, 4) is 66.8 Å². The van der Waals surface area contributed by atoms with E-state index in [0.29, 0.717) is 5.82 Å². The van der Waals surface area contributed by atoms with Gasteiger partial charge in [0.2, 0.25) is 0 Å². The lowest BCUT2D eigenvalue weighted by Gasteiger charge is -2.17. The van der Waals surface area contributed by atoms with Crippen molar-refractivity contribution in [3.05, 3.63) is 231 Å². The van der Waals surface area contributed by atoms with Crippen LogP contribution in [0.3, 0.4) is 0 Å². The normalized spacial score (nSPS) is 11.7. The Kier molecular flexibility index (Phi) is 8.68. The second kappa shape index (κ2) is 15.2. The maximum Gasteiger partial charge on any atom is 0.160 e. The lowest BCUT2D eigenvalue weighted by atomic mass is 9.96. The summed E-state index contributed by atoms with van der Waals surface area (Å²) >= 11 is 1.82. The van der Waals surface area contributed by atoms with Gasteiger partial charge in [-0.2, -0.15) is 0 Å². The average molecular weight is 847 g/mol. The standard InChI is InChI=1S/C60H38N4S/c1-2-16-39(17-3-1)46-19-5-6-20-47(46)53-38-52(40-30-32-41(33-31-40)59-36-42-18-4-15-29-58(42)65-59)61-60(62-53)43-34-44(63-54-25-11-7-21-48(54)49-22-8-12-26-55(49)63)37-45(35-43)64-56-27-13-9-23-50(56)51-24-10-14-28-57(51)64/h1-38H. The molecule has 13 aromatic rings. The quantitative estimate of drug-likeness (QED) is 0.160. The van der Waals surface area contributed by atoms with Gasteiger partial charge in [-0.25, -0.2) is 9.97 Å². The molecule has 0 atom stereocenters. The molecule has 0 aliphatic heterocycles. The smallest absolute Gasteiger partial charge is 0.160 e. The molecule has 4 heterocycles. The first-order valence-electron chi connectivity index (χ1n) is 22.0. The molecule has 13 rings (SSSR count). The Labute approximate surface area is 379 Å². The fourth-order valence-corrected chi connectivity index (χ4v) is 10.8. The fraction of sp³-hybridized carbons (Fsp3) is 0. The van der Waals surface area contributed by atoms with Crippen LogP contribution in [0.25, 0.3) is 121 Å². The summed E-state index contributed by atoms with van der Waals surface area (Å²) in [5, 5.41) is 6.11. The monoisotopic (exact) mass is 846 g/mol. The zero-order valence-electron chi connectivity index (χ0n) is 35.1. The predicted octanol–water partition coefficient (Wildman–Crippen LogP) is 16.2. The van der Waals surface area contributed by atoms with Crippen LogP contribution in [-0.2, 0) is 0 Å². The van der Waals surface area contributed by atoms with Gasteiger partial charge in [-0.15, -0.1) is 11.3 Å². The van der Waals surface area contributed by atoms with Crippen LogP contribution in [0.5, 0.6) is 0 Å². The van der Waals surface area contributed by atoms with Gasteiger partial charge in [-0.05, 0) is 82.7 Å². The third-order valence-electron chi connectivity index (χ3n) is 12.7. The number of hydrogen-bond acceptors (Lipinski definition) is 3. The van der Waals surface area contributed by atoms with Crippen LogP contribution in [0.1, 0.15) is 0 Å². The summed E-state index contributed by atoms with van der Waals surface area (Å²) in [6.07, 6.45) is 0. The van der Waals surface area contributed by atoms with Gasteiger partial charge in [-0.1, -0.05) is 170 Å². The number of para-hydroxylation sites is 4. The van der Waals surface area contributed by atoms with Crippen LogP contribution >= 0.6 is 11.3 Å². The van der Waals surface area contributed by atoms with Gasteiger partial charge in [-0.3, -0.25) is 0 Å². The third-order valence-corrected chi connectivity index (χ3v) is 13.9. The molecule has 5 heteroatoms. The van der Waals surface area contributed by atoms with Gasteiger partial charge in [0, 0.05) is 59.2 Å². The minimum atomic E-state index is 0.651. The van der Waals surface area contributed by atoms with E-state index in [4.69, 9.17) is 9.97 Å². The first-order chi connectivity index (χ1) is 32.2. The van der Waals surface area contributed by atoms with Crippen molar-refractivity contribution in [2.75, 3.05) is 0 Å². The van der Waals surface area contributed by atoms with E-state index < -0.39 is 0 Å². The summed E-state index contributed by atoms with van der Waals surface area (Å²) in [4.78, 5) is 12.3. The third kappa shape index (κ3) is 6.28. The molecule has 0 saturated heterocycles. The summed E-state index contributed by atoms with van der Waals surface area (Å²) in [7, 11) is 0. The molecule has 9 aromatic carbocycles. The second-order valence-electron chi connectivity index (χ2n) is 16.6. The molecule has 0 aliphatic carbocycles. The SMILES string of the molecule is c1ccc(-c2ccccc2-c2cc(-c3ccc(-c4cc5ccccc5s4)cc3)nc(-c3cc(-n4c5ccccc5c5ccccc54)cc(-n4c5ccccc5c5ccccc54)c3)n2)cc1. The molecule has 65 heavy (non-hydrogen) atoms. The molecular formula is C60H38N4S. The van der Waals surface area contributed by atoms with Crippen LogP contribution in [0.4, 0.5) is 0 Å². The van der Waals surface area contributed by atoms with Crippen molar-refractivity contribution >= 4 is 65.0 Å². The molecule has 0 aliphatic rings. The van der Waals surface area contributed by atoms with E-state index in [0.717, 1.165) is 72.6 Å². The molecule has 0 spiro atoms. The van der Waals surface area contributed by atoms with Gasteiger partial charge in [0.05, 0.1) is 33.5 Å². The highest BCUT2D eigenvalue weighted by molar-refractivity contribution is 7.22. The van der Waals surface area contributed by atoms with E-state index in [1.54, 1.807) is 0 Å². The van der Waals surface area contributed by atoms with Crippen LogP contribution in [0.15, 0.2) is 231 Å². The largest absolute Gasteiger partial charge is 0.309 e. The van der Waals surface area contributed by atoms with E-state index in [-0.39, 0.29) is 0 Å². The molecule has 0 fully saturated rings. The maximum absolute atomic E-state index is 5.54. The molecule has 0 amide bonds. The zero-order chi connectivity index (χ0) is 42.8. The molecule has 0 unspecified atom stereocenters. The molecule has 0 bridgehead atoms. The number of aromatic nitrogens is 4. The van der Waals surface area contributed by atoms with Crippen molar-refractivity contribution in [1.29, 1.82) is 0 Å². The number of rotatable bonds is 7. The summed E-state index contributed by atoms with van der Waals surface area (Å²) in [6, 6.07) is 82.7. The van der Waals surface area contributed by atoms with Crippen molar-refractivity contribution in [1.82, 2.24) is 19.1 Å². The van der Waals surface area contributed by atoms with Crippen LogP contribution in [-0.4, -0.2) is 19.1 Å². The second-order valence-corrected chi connectivity index (χ2v) is 17.7. The number of hydrogen-bond donors (Lipinski definition) is 0. The highest BCUT2D eigenvalue weighted by Gasteiger charge is 2.20. The molecule has 0 radical (unpaired) electrons. The average Bonchev–Trinajstić information content (AvgIpc) is 4.07. The molecule has 0 saturated carbocycles. The fourth-order valence-electron chi connectivity index (χ4n) is 9.75. The Morgan fingerprint density at radius 1 is 0.323 bits per heavy atom. The predicted molar refractivity (Wildman–Crippen MR) is 273 cm³/mol. The van der Waals surface area contributed by atoms with Crippen LogP contribution in [0.2, 0.25) is 0 Å². The Morgan fingerprint density at radius 3 is 1.38 bits per heavy atom. The van der Waals surface area contributed by atoms with Crippen LogP contribution < -0.4 is 0 Å². The topological polar surface area (TPSA) is 35.6 Å². The van der Waals surface area contributed by atoms with E-state index in [1.807, 2.05) is 11.3 Å². The van der Waals surface area contributed by atoms with Crippen LogP contribution in [0, 0.1) is 0 Å². The Morgan fingerprint density at radius 2 is 0.800 bits per heavy atom. The summed E-state index contributed by atoms with van der Waals surface area (Å²) < 4.78 is 6.08. The first kappa shape index (κ1) is 37.2. The van der Waals surface area contributed by atoms with E-state index >= 15 is 0 Å². The minimum absolute atomic E-state index is 0.651. The van der Waals surface area contributed by atoms with E-state index in [2.05, 4.69) is 240 Å². The van der Waals surface area contributed by atoms with E-state index in [9.17, 15) is 0 Å². The molecular weight excluding hydrogens is 809 g/mol. The van der Waals surface area contributed by atoms with Gasteiger partial charge in [0.15, 0.2) is 5.82 Å². The van der Waals surface area contributed by atoms with Gasteiger partial charge >= 0.3 is 0 Å². The number of fused-ring (bicyclic) bond motifs is 7. The van der Waals surface area contributed by atoms with Gasteiger partial charge in [0.1, 0.15) is 0 Å². The van der Waals surface area contributed by atoms with Gasteiger partial charge < -0.3 is 9.13 Å². The first-order valence-corrected chi connectivity index (χ1v) is 22.8. The maximum atomic E-state index is 5.54. The highest BCUT2D eigenvalue weighted by atomic mass is 32.1. The summed E-state index contributed by atoms with van der Waals surface area (Å²) in [5.74, 6) is 0.651. The van der Waals surface area contributed by atoms with Crippen molar-refractivity contribution in [2.24, 2.45) is 0 Å². The molecule has 4 nitrogen and oxygen atoms in total. The summed E-state index contributed by atoms with van der Waals surface area (Å²) in [5.41, 5.74) is 14.8. The van der Waals surface area contributed by atoms with Crippen molar-refractivity contribution in [3.63, 3.8) is 0 Å². The van der Waals surface area contributed by atoms with Gasteiger partial charge in [0.25, 0.3) is 0 Å². The minimum Gasteiger partial charge on any atom is -0.309 e. The lowest BCUT2D eigenvalue weighted by Crippen LogP contribution is -2.02. The van der Waals surface area contributed by atoms with E-state index in [1.165, 1.54) is 42.1 Å².